The molecule has 0 saturated carbocycles. The summed E-state index contributed by atoms with van der Waals surface area (Å²) in [7, 11) is -9.92. The summed E-state index contributed by atoms with van der Waals surface area (Å²) < 4.78 is 68.4. The second-order valence-electron chi connectivity index (χ2n) is 25.9. The second-order valence-corrected chi connectivity index (χ2v) is 28.8. The smallest absolute Gasteiger partial charge is 0.462 e. The molecule has 542 valence electrons. The first-order chi connectivity index (χ1) is 44.6. The molecule has 0 aliphatic carbocycles. The minimum Gasteiger partial charge on any atom is -0.462 e. The Kier molecular flexibility index (Phi) is 64.0. The fourth-order valence-corrected chi connectivity index (χ4v) is 12.2. The van der Waals surface area contributed by atoms with E-state index in [1.54, 1.807) is 0 Å². The molecule has 0 aromatic carbocycles. The summed E-state index contributed by atoms with van der Waals surface area (Å²) >= 11 is 0. The van der Waals surface area contributed by atoms with Gasteiger partial charge in [-0.1, -0.05) is 303 Å². The number of phosphoric acid groups is 2. The van der Waals surface area contributed by atoms with Crippen molar-refractivity contribution in [2.24, 2.45) is 5.92 Å². The minimum atomic E-state index is -4.96. The van der Waals surface area contributed by atoms with Crippen molar-refractivity contribution in [2.45, 2.75) is 374 Å². The first-order valence-electron chi connectivity index (χ1n) is 37.5. The zero-order chi connectivity index (χ0) is 67.7. The van der Waals surface area contributed by atoms with E-state index in [1.807, 2.05) is 0 Å². The number of rotatable bonds is 71. The number of ether oxygens (including phenoxy) is 4. The zero-order valence-corrected chi connectivity index (χ0v) is 61.0. The summed E-state index contributed by atoms with van der Waals surface area (Å²) in [6, 6.07) is 0. The van der Waals surface area contributed by atoms with Crippen molar-refractivity contribution in [3.8, 4) is 0 Å². The van der Waals surface area contributed by atoms with Gasteiger partial charge in [0.1, 0.15) is 19.3 Å². The average Bonchev–Trinajstić information content (AvgIpc) is 1.69. The molecule has 0 bridgehead atoms. The van der Waals surface area contributed by atoms with Crippen LogP contribution in [0, 0.1) is 5.92 Å². The van der Waals surface area contributed by atoms with Crippen LogP contribution in [0.4, 0.5) is 0 Å². The molecule has 17 nitrogen and oxygen atoms in total. The minimum absolute atomic E-state index is 0.0851. The van der Waals surface area contributed by atoms with Crippen LogP contribution in [0.5, 0.6) is 0 Å². The summed E-state index contributed by atoms with van der Waals surface area (Å²) in [4.78, 5) is 72.7. The Hall–Kier alpha value is -2.46. The van der Waals surface area contributed by atoms with Crippen molar-refractivity contribution in [2.75, 3.05) is 39.6 Å². The van der Waals surface area contributed by atoms with E-state index in [4.69, 9.17) is 37.0 Å². The van der Waals surface area contributed by atoms with Gasteiger partial charge in [-0.2, -0.15) is 0 Å². The van der Waals surface area contributed by atoms with Crippen molar-refractivity contribution in [3.05, 3.63) is 24.3 Å². The van der Waals surface area contributed by atoms with Gasteiger partial charge in [0.15, 0.2) is 12.2 Å². The molecule has 0 aromatic heterocycles. The van der Waals surface area contributed by atoms with Gasteiger partial charge in [0.2, 0.25) is 0 Å². The highest BCUT2D eigenvalue weighted by molar-refractivity contribution is 7.47. The Labute approximate surface area is 561 Å². The van der Waals surface area contributed by atoms with E-state index < -0.39 is 97.5 Å². The largest absolute Gasteiger partial charge is 0.472 e. The third-order valence-electron chi connectivity index (χ3n) is 16.8. The van der Waals surface area contributed by atoms with Crippen molar-refractivity contribution in [1.82, 2.24) is 0 Å². The first-order valence-corrected chi connectivity index (χ1v) is 40.5. The third-order valence-corrected chi connectivity index (χ3v) is 18.7. The highest BCUT2D eigenvalue weighted by Crippen LogP contribution is 2.45. The Balaban J connectivity index is 5.30. The Morgan fingerprint density at radius 1 is 0.348 bits per heavy atom. The second kappa shape index (κ2) is 65.8. The molecule has 0 aliphatic heterocycles. The molecule has 0 fully saturated rings. The predicted octanol–water partition coefficient (Wildman–Crippen LogP) is 20.9. The van der Waals surface area contributed by atoms with E-state index in [9.17, 15) is 43.2 Å². The number of esters is 4. The highest BCUT2D eigenvalue weighted by atomic mass is 31.2. The zero-order valence-electron chi connectivity index (χ0n) is 59.2. The van der Waals surface area contributed by atoms with Gasteiger partial charge in [-0.05, 0) is 57.3 Å². The van der Waals surface area contributed by atoms with Crippen molar-refractivity contribution >= 4 is 39.5 Å². The van der Waals surface area contributed by atoms with Crippen LogP contribution in [0.1, 0.15) is 356 Å². The quantitative estimate of drug-likeness (QED) is 0.0169. The van der Waals surface area contributed by atoms with Gasteiger partial charge in [0, 0.05) is 25.7 Å². The summed E-state index contributed by atoms with van der Waals surface area (Å²) in [5.74, 6) is -1.34. The Morgan fingerprint density at radius 2 is 0.609 bits per heavy atom. The Bertz CT molecular complexity index is 1870. The molecular formula is C73H138O17P2. The molecule has 0 radical (unpaired) electrons. The lowest BCUT2D eigenvalue weighted by Crippen LogP contribution is -2.30. The molecule has 0 saturated heterocycles. The molecule has 6 atom stereocenters. The number of carbonyl (C=O) groups is 4. The number of aliphatic hydroxyl groups is 1. The van der Waals surface area contributed by atoms with Gasteiger partial charge in [0.05, 0.1) is 26.4 Å². The van der Waals surface area contributed by atoms with Crippen molar-refractivity contribution < 1.29 is 80.2 Å². The standard InChI is InChI=1S/C73H138O17P2/c1-6-10-13-16-19-22-25-27-28-29-32-39-44-49-54-59-73(78)90-69(63-84-71(76)57-52-47-42-37-34-33-35-40-45-50-55-66(5)9-4)65-88-92(81,82)86-61-67(74)60-85-91(79,80)87-64-68(62-83-70(75)56-51-46-41-36-30-24-21-18-15-12-8-3)89-72(77)58-53-48-43-38-31-26-23-20-17-14-11-7-2/h22,25,27-28,66-69,74H,6-21,23-24,26,29-65H2,1-5H3,(H,79,80)(H,81,82)/b25-22-,28-27-/t66?,67-,68+,69+/m0/s1. The van der Waals surface area contributed by atoms with Crippen LogP contribution in [-0.4, -0.2) is 96.7 Å². The van der Waals surface area contributed by atoms with Crippen LogP contribution in [-0.2, 0) is 65.4 Å². The van der Waals surface area contributed by atoms with Gasteiger partial charge in [0.25, 0.3) is 0 Å². The van der Waals surface area contributed by atoms with E-state index in [1.165, 1.54) is 167 Å². The highest BCUT2D eigenvalue weighted by Gasteiger charge is 2.30. The maximum absolute atomic E-state index is 13.0. The lowest BCUT2D eigenvalue weighted by Gasteiger charge is -2.21. The maximum atomic E-state index is 13.0. The molecular weight excluding hydrogens is 1210 g/mol. The molecule has 0 aromatic rings. The van der Waals surface area contributed by atoms with Crippen LogP contribution in [0.2, 0.25) is 0 Å². The molecule has 3 N–H and O–H groups in total. The van der Waals surface area contributed by atoms with E-state index in [0.29, 0.717) is 25.7 Å². The van der Waals surface area contributed by atoms with Gasteiger partial charge in [-0.25, -0.2) is 9.13 Å². The first kappa shape index (κ1) is 89.5. The molecule has 0 heterocycles. The molecule has 3 unspecified atom stereocenters. The fourth-order valence-electron chi connectivity index (χ4n) is 10.6. The van der Waals surface area contributed by atoms with Crippen LogP contribution in [0.25, 0.3) is 0 Å². The molecule has 0 aliphatic rings. The maximum Gasteiger partial charge on any atom is 0.472 e. The molecule has 19 heteroatoms. The number of carbonyl (C=O) groups excluding carboxylic acids is 4. The molecule has 92 heavy (non-hydrogen) atoms. The number of hydrogen-bond donors (Lipinski definition) is 3. The Morgan fingerprint density at radius 3 is 0.924 bits per heavy atom. The normalized spacial score (nSPS) is 14.5. The number of aliphatic hydroxyl groups excluding tert-OH is 1. The molecule has 0 rings (SSSR count). The summed E-state index contributed by atoms with van der Waals surface area (Å²) in [6.45, 7) is 7.23. The topological polar surface area (TPSA) is 237 Å². The van der Waals surface area contributed by atoms with E-state index in [0.717, 1.165) is 109 Å². The molecule has 0 amide bonds. The van der Waals surface area contributed by atoms with Crippen LogP contribution in [0.3, 0.4) is 0 Å². The van der Waals surface area contributed by atoms with Crippen LogP contribution >= 0.6 is 15.6 Å². The van der Waals surface area contributed by atoms with Gasteiger partial charge < -0.3 is 33.8 Å². The van der Waals surface area contributed by atoms with Gasteiger partial charge >= 0.3 is 39.5 Å². The van der Waals surface area contributed by atoms with Gasteiger partial charge in [-0.15, -0.1) is 0 Å². The number of phosphoric ester groups is 2. The molecule has 0 spiro atoms. The summed E-state index contributed by atoms with van der Waals surface area (Å²) in [5, 5.41) is 10.6. The monoisotopic (exact) mass is 1350 g/mol. The fraction of sp³-hybridized carbons (Fsp3) is 0.890. The third kappa shape index (κ3) is 64.9. The summed E-state index contributed by atoms with van der Waals surface area (Å²) in [6.07, 6.45) is 56.0. The SMILES string of the molecule is CCCCCC/C=C\C=C/CCCCCCCC(=O)O[C@H](COC(=O)CCCCCCCCCCCCC(C)CC)COP(=O)(O)OC[C@@H](O)COP(=O)(O)OC[C@@H](COC(=O)CCCCCCCCCCCCC)OC(=O)CCCCCCCCCCCCCC. The van der Waals surface area contributed by atoms with Crippen molar-refractivity contribution in [3.63, 3.8) is 0 Å². The number of allylic oxidation sites excluding steroid dienone is 4. The van der Waals surface area contributed by atoms with Crippen LogP contribution < -0.4 is 0 Å². The lowest BCUT2D eigenvalue weighted by atomic mass is 9.99. The lowest BCUT2D eigenvalue weighted by molar-refractivity contribution is -0.161. The summed E-state index contributed by atoms with van der Waals surface area (Å²) in [5.41, 5.74) is 0. The number of unbranched alkanes of at least 4 members (excludes halogenated alkanes) is 39. The number of hydrogen-bond acceptors (Lipinski definition) is 15. The van der Waals surface area contributed by atoms with E-state index in [-0.39, 0.29) is 25.7 Å². The van der Waals surface area contributed by atoms with Crippen LogP contribution in [0.15, 0.2) is 24.3 Å². The van der Waals surface area contributed by atoms with E-state index >= 15 is 0 Å². The van der Waals surface area contributed by atoms with E-state index in [2.05, 4.69) is 58.9 Å². The van der Waals surface area contributed by atoms with Crippen molar-refractivity contribution in [1.29, 1.82) is 0 Å². The average molecular weight is 1350 g/mol. The predicted molar refractivity (Wildman–Crippen MR) is 372 cm³/mol. The van der Waals surface area contributed by atoms with Gasteiger partial charge in [-0.3, -0.25) is 37.3 Å².